The van der Waals surface area contributed by atoms with Gasteiger partial charge in [-0.05, 0) is 6.07 Å². The number of carbonyl (C=O) groups excluding carboxylic acids is 2. The van der Waals surface area contributed by atoms with Gasteiger partial charge in [-0.15, -0.1) is 0 Å². The highest BCUT2D eigenvalue weighted by Crippen LogP contribution is 2.06. The molecule has 1 amide bonds. The predicted molar refractivity (Wildman–Crippen MR) is 59.6 cm³/mol. The number of ether oxygens (including phenoxy) is 1. The topological polar surface area (TPSA) is 71.2 Å². The third-order valence-electron chi connectivity index (χ3n) is 2.16. The number of carbonyl (C=O) groups is 2. The van der Waals surface area contributed by atoms with Gasteiger partial charge >= 0.3 is 0 Å². The smallest absolute Gasteiger partial charge is 0.267 e. The molecule has 1 heterocycles. The summed E-state index contributed by atoms with van der Waals surface area (Å²) < 4.78 is 4.81. The standard InChI is InChI=1S/C11H16N2O3/c1-3-10(14)8-6-9(13-7-8)11(15)12-4-5-16-2/h6-7,13H,3-5H2,1-2H3,(H,12,15). The maximum atomic E-state index is 11.5. The number of hydrogen-bond acceptors (Lipinski definition) is 3. The summed E-state index contributed by atoms with van der Waals surface area (Å²) in [7, 11) is 1.57. The minimum atomic E-state index is -0.229. The van der Waals surface area contributed by atoms with Crippen LogP contribution in [-0.2, 0) is 4.74 Å². The number of Topliss-reactive ketones (excluding diaryl/α,β-unsaturated/α-hetero) is 1. The number of aromatic amines is 1. The second-order valence-electron chi connectivity index (χ2n) is 3.33. The second-order valence-corrected chi connectivity index (χ2v) is 3.33. The molecule has 0 saturated heterocycles. The maximum Gasteiger partial charge on any atom is 0.267 e. The molecule has 1 rings (SSSR count). The number of hydrogen-bond donors (Lipinski definition) is 2. The minimum absolute atomic E-state index is 0.0205. The van der Waals surface area contributed by atoms with E-state index in [1.165, 1.54) is 0 Å². The molecule has 0 radical (unpaired) electrons. The third-order valence-corrected chi connectivity index (χ3v) is 2.16. The van der Waals surface area contributed by atoms with E-state index in [1.807, 2.05) is 0 Å². The van der Waals surface area contributed by atoms with Crippen LogP contribution in [-0.4, -0.2) is 36.9 Å². The Bertz CT molecular complexity index is 371. The number of aromatic nitrogens is 1. The van der Waals surface area contributed by atoms with Crippen molar-refractivity contribution >= 4 is 11.7 Å². The Morgan fingerprint density at radius 1 is 1.50 bits per heavy atom. The molecule has 0 aliphatic rings. The molecule has 1 aromatic heterocycles. The molecule has 0 bridgehead atoms. The summed E-state index contributed by atoms with van der Waals surface area (Å²) in [5.74, 6) is -0.209. The summed E-state index contributed by atoms with van der Waals surface area (Å²) >= 11 is 0. The predicted octanol–water partition coefficient (Wildman–Crippen LogP) is 0.984. The van der Waals surface area contributed by atoms with Crippen molar-refractivity contribution in [3.63, 3.8) is 0 Å². The SMILES string of the molecule is CCC(=O)c1c[nH]c(C(=O)NCCOC)c1. The van der Waals surface area contributed by atoms with Crippen LogP contribution >= 0.6 is 0 Å². The van der Waals surface area contributed by atoms with Crippen molar-refractivity contribution in [1.29, 1.82) is 0 Å². The minimum Gasteiger partial charge on any atom is -0.383 e. The number of H-pyrrole nitrogens is 1. The first-order valence-electron chi connectivity index (χ1n) is 5.17. The van der Waals surface area contributed by atoms with E-state index in [1.54, 1.807) is 26.3 Å². The van der Waals surface area contributed by atoms with E-state index in [2.05, 4.69) is 10.3 Å². The molecule has 0 spiro atoms. The fourth-order valence-electron chi connectivity index (χ4n) is 1.25. The van der Waals surface area contributed by atoms with Crippen LogP contribution in [0.4, 0.5) is 0 Å². The van der Waals surface area contributed by atoms with Crippen LogP contribution in [0.1, 0.15) is 34.2 Å². The number of ketones is 1. The summed E-state index contributed by atoms with van der Waals surface area (Å²) in [4.78, 5) is 25.6. The molecule has 0 saturated carbocycles. The highest BCUT2D eigenvalue weighted by Gasteiger charge is 2.11. The first-order valence-corrected chi connectivity index (χ1v) is 5.17. The molecular formula is C11H16N2O3. The molecule has 16 heavy (non-hydrogen) atoms. The van der Waals surface area contributed by atoms with Gasteiger partial charge in [0.2, 0.25) is 0 Å². The molecule has 0 aliphatic carbocycles. The Kier molecular flexibility index (Phi) is 4.72. The summed E-state index contributed by atoms with van der Waals surface area (Å²) in [6, 6.07) is 1.56. The van der Waals surface area contributed by atoms with Crippen LogP contribution in [0.5, 0.6) is 0 Å². The van der Waals surface area contributed by atoms with Crippen molar-refractivity contribution in [3.05, 3.63) is 23.5 Å². The number of methoxy groups -OCH3 is 1. The normalized spacial score (nSPS) is 10.1. The lowest BCUT2D eigenvalue weighted by molar-refractivity contribution is 0.0932. The van der Waals surface area contributed by atoms with Gasteiger partial charge in [0.05, 0.1) is 6.61 Å². The van der Waals surface area contributed by atoms with Crippen LogP contribution in [0, 0.1) is 0 Å². The zero-order valence-electron chi connectivity index (χ0n) is 9.50. The van der Waals surface area contributed by atoms with Gasteiger partial charge in [0.15, 0.2) is 5.78 Å². The van der Waals surface area contributed by atoms with Crippen molar-refractivity contribution in [2.45, 2.75) is 13.3 Å². The van der Waals surface area contributed by atoms with Crippen LogP contribution in [0.15, 0.2) is 12.3 Å². The third kappa shape index (κ3) is 3.20. The summed E-state index contributed by atoms with van der Waals surface area (Å²) in [5, 5.41) is 2.66. The molecule has 0 aromatic carbocycles. The van der Waals surface area contributed by atoms with Gasteiger partial charge in [-0.1, -0.05) is 6.92 Å². The van der Waals surface area contributed by atoms with E-state index < -0.39 is 0 Å². The van der Waals surface area contributed by atoms with Crippen LogP contribution in [0.25, 0.3) is 0 Å². The molecule has 88 valence electrons. The summed E-state index contributed by atoms with van der Waals surface area (Å²) in [6.45, 7) is 2.70. The Hall–Kier alpha value is -1.62. The fourth-order valence-corrected chi connectivity index (χ4v) is 1.25. The van der Waals surface area contributed by atoms with Crippen LogP contribution in [0.3, 0.4) is 0 Å². The lowest BCUT2D eigenvalue weighted by Gasteiger charge is -2.01. The van der Waals surface area contributed by atoms with E-state index in [0.717, 1.165) is 0 Å². The zero-order valence-corrected chi connectivity index (χ0v) is 9.50. The van der Waals surface area contributed by atoms with Crippen molar-refractivity contribution in [2.75, 3.05) is 20.3 Å². The molecule has 0 fully saturated rings. The Balaban J connectivity index is 2.56. The fraction of sp³-hybridized carbons (Fsp3) is 0.455. The van der Waals surface area contributed by atoms with E-state index in [0.29, 0.717) is 30.8 Å². The molecule has 0 atom stereocenters. The maximum absolute atomic E-state index is 11.5. The number of nitrogens with one attached hydrogen (secondary N) is 2. The largest absolute Gasteiger partial charge is 0.383 e. The van der Waals surface area contributed by atoms with E-state index in [4.69, 9.17) is 4.74 Å². The second kappa shape index (κ2) is 6.07. The highest BCUT2D eigenvalue weighted by atomic mass is 16.5. The van der Waals surface area contributed by atoms with Gasteiger partial charge in [0.1, 0.15) is 5.69 Å². The summed E-state index contributed by atoms with van der Waals surface area (Å²) in [6.07, 6.45) is 1.99. The molecule has 5 nitrogen and oxygen atoms in total. The van der Waals surface area contributed by atoms with Crippen LogP contribution in [0.2, 0.25) is 0 Å². The monoisotopic (exact) mass is 224 g/mol. The van der Waals surface area contributed by atoms with E-state index in [-0.39, 0.29) is 11.7 Å². The first kappa shape index (κ1) is 12.4. The van der Waals surface area contributed by atoms with Crippen molar-refractivity contribution < 1.29 is 14.3 Å². The summed E-state index contributed by atoms with van der Waals surface area (Å²) in [5.41, 5.74) is 0.937. The van der Waals surface area contributed by atoms with Gasteiger partial charge in [0.25, 0.3) is 5.91 Å². The van der Waals surface area contributed by atoms with Gasteiger partial charge in [0, 0.05) is 31.8 Å². The van der Waals surface area contributed by atoms with Gasteiger partial charge in [-0.3, -0.25) is 9.59 Å². The molecular weight excluding hydrogens is 208 g/mol. The van der Waals surface area contributed by atoms with Crippen molar-refractivity contribution in [1.82, 2.24) is 10.3 Å². The first-order chi connectivity index (χ1) is 7.69. The van der Waals surface area contributed by atoms with Gasteiger partial charge < -0.3 is 15.0 Å². The lowest BCUT2D eigenvalue weighted by Crippen LogP contribution is -2.27. The molecule has 0 unspecified atom stereocenters. The van der Waals surface area contributed by atoms with Crippen LogP contribution < -0.4 is 5.32 Å². The molecule has 5 heteroatoms. The molecule has 0 aliphatic heterocycles. The quantitative estimate of drug-likeness (QED) is 0.559. The van der Waals surface area contributed by atoms with Crippen molar-refractivity contribution in [2.24, 2.45) is 0 Å². The highest BCUT2D eigenvalue weighted by molar-refractivity contribution is 6.00. The van der Waals surface area contributed by atoms with Gasteiger partial charge in [-0.25, -0.2) is 0 Å². The van der Waals surface area contributed by atoms with Gasteiger partial charge in [-0.2, -0.15) is 0 Å². The number of rotatable bonds is 6. The zero-order chi connectivity index (χ0) is 12.0. The molecule has 1 aromatic rings. The van der Waals surface area contributed by atoms with E-state index >= 15 is 0 Å². The Labute approximate surface area is 94.2 Å². The Morgan fingerprint density at radius 3 is 2.88 bits per heavy atom. The lowest BCUT2D eigenvalue weighted by atomic mass is 10.2. The molecule has 2 N–H and O–H groups in total. The number of amides is 1. The average Bonchev–Trinajstić information content (AvgIpc) is 2.77. The van der Waals surface area contributed by atoms with Crippen molar-refractivity contribution in [3.8, 4) is 0 Å². The Morgan fingerprint density at radius 2 is 2.25 bits per heavy atom. The van der Waals surface area contributed by atoms with E-state index in [9.17, 15) is 9.59 Å². The average molecular weight is 224 g/mol.